The normalized spacial score (nSPS) is 10.2. The van der Waals surface area contributed by atoms with Gasteiger partial charge in [0.25, 0.3) is 0 Å². The van der Waals surface area contributed by atoms with Gasteiger partial charge >= 0.3 is 0 Å². The Bertz CT molecular complexity index is 487. The molecule has 0 unspecified atom stereocenters. The van der Waals surface area contributed by atoms with Crippen molar-refractivity contribution in [3.8, 4) is 0 Å². The Morgan fingerprint density at radius 3 is 2.50 bits per heavy atom. The summed E-state index contributed by atoms with van der Waals surface area (Å²) in [5, 5.41) is 2.70. The molecule has 1 N–H and O–H groups in total. The minimum absolute atomic E-state index is 0.00472. The number of halogens is 1. The summed E-state index contributed by atoms with van der Waals surface area (Å²) < 4.78 is 0.896. The molecule has 1 aromatic rings. The summed E-state index contributed by atoms with van der Waals surface area (Å²) in [6.45, 7) is 7.12. The molecule has 110 valence electrons. The zero-order chi connectivity index (χ0) is 15.1. The molecule has 0 aromatic carbocycles. The highest BCUT2D eigenvalue weighted by Gasteiger charge is 2.12. The Labute approximate surface area is 127 Å². The van der Waals surface area contributed by atoms with Crippen LogP contribution < -0.4 is 5.32 Å². The minimum atomic E-state index is -0.195. The molecular weight excluding hydrogens is 322 g/mol. The zero-order valence-electron chi connectivity index (χ0n) is 12.1. The molecule has 0 fully saturated rings. The second-order valence-corrected chi connectivity index (χ2v) is 5.29. The fraction of sp³-hybridized carbons (Fsp3) is 0.500. The van der Waals surface area contributed by atoms with E-state index in [2.05, 4.69) is 26.2 Å². The van der Waals surface area contributed by atoms with E-state index in [1.54, 1.807) is 17.2 Å². The molecule has 0 atom stereocenters. The molecule has 2 amide bonds. The predicted molar refractivity (Wildman–Crippen MR) is 82.5 cm³/mol. The number of pyridine rings is 1. The zero-order valence-corrected chi connectivity index (χ0v) is 13.7. The number of carbonyl (C=O) groups is 2. The van der Waals surface area contributed by atoms with Crippen molar-refractivity contribution in [2.24, 2.45) is 0 Å². The van der Waals surface area contributed by atoms with E-state index in [0.717, 1.165) is 10.0 Å². The van der Waals surface area contributed by atoms with Crippen LogP contribution in [0.4, 0.5) is 5.82 Å². The predicted octanol–water partition coefficient (Wildman–Crippen LogP) is 2.74. The SMILES string of the molecule is CCN(CC)C(=O)CCC(=O)Nc1cc(C)c(Br)cn1. The third kappa shape index (κ3) is 4.92. The van der Waals surface area contributed by atoms with Crippen LogP contribution in [0, 0.1) is 6.92 Å². The molecule has 20 heavy (non-hydrogen) atoms. The molecule has 0 aliphatic carbocycles. The van der Waals surface area contributed by atoms with Crippen molar-refractivity contribution in [1.82, 2.24) is 9.88 Å². The van der Waals surface area contributed by atoms with E-state index in [9.17, 15) is 9.59 Å². The molecule has 0 aliphatic rings. The molecule has 1 aromatic heterocycles. The van der Waals surface area contributed by atoms with E-state index in [1.165, 1.54) is 0 Å². The standard InChI is InChI=1S/C14H20BrN3O2/c1-4-18(5-2)14(20)7-6-13(19)17-12-8-10(3)11(15)9-16-12/h8-9H,4-7H2,1-3H3,(H,16,17,19). The van der Waals surface area contributed by atoms with Crippen LogP contribution in [0.15, 0.2) is 16.7 Å². The topological polar surface area (TPSA) is 62.3 Å². The quantitative estimate of drug-likeness (QED) is 0.865. The number of amides is 2. The summed E-state index contributed by atoms with van der Waals surface area (Å²) >= 11 is 3.35. The molecule has 1 rings (SSSR count). The maximum Gasteiger partial charge on any atom is 0.226 e. The molecule has 5 nitrogen and oxygen atoms in total. The fourth-order valence-electron chi connectivity index (χ4n) is 1.77. The second-order valence-electron chi connectivity index (χ2n) is 4.43. The second kappa shape index (κ2) is 7.99. The van der Waals surface area contributed by atoms with Crippen molar-refractivity contribution in [1.29, 1.82) is 0 Å². The van der Waals surface area contributed by atoms with E-state index in [1.807, 2.05) is 20.8 Å². The summed E-state index contributed by atoms with van der Waals surface area (Å²) in [5.41, 5.74) is 0.995. The molecule has 0 saturated heterocycles. The van der Waals surface area contributed by atoms with Crippen molar-refractivity contribution in [3.05, 3.63) is 22.3 Å². The third-order valence-corrected chi connectivity index (χ3v) is 3.83. The van der Waals surface area contributed by atoms with Crippen LogP contribution in [-0.2, 0) is 9.59 Å². The first kappa shape index (κ1) is 16.6. The largest absolute Gasteiger partial charge is 0.343 e. The van der Waals surface area contributed by atoms with Crippen molar-refractivity contribution in [2.75, 3.05) is 18.4 Å². The maximum atomic E-state index is 11.8. The number of nitrogens with one attached hydrogen (secondary N) is 1. The van der Waals surface area contributed by atoms with Crippen LogP contribution in [-0.4, -0.2) is 34.8 Å². The van der Waals surface area contributed by atoms with Gasteiger partial charge in [0.2, 0.25) is 11.8 Å². The van der Waals surface area contributed by atoms with Gasteiger partial charge in [0, 0.05) is 36.6 Å². The average molecular weight is 342 g/mol. The van der Waals surface area contributed by atoms with Crippen LogP contribution in [0.5, 0.6) is 0 Å². The molecule has 1 heterocycles. The van der Waals surface area contributed by atoms with Gasteiger partial charge in [0.1, 0.15) is 5.82 Å². The minimum Gasteiger partial charge on any atom is -0.343 e. The highest BCUT2D eigenvalue weighted by atomic mass is 79.9. The lowest BCUT2D eigenvalue weighted by molar-refractivity contribution is -0.132. The van der Waals surface area contributed by atoms with Crippen molar-refractivity contribution >= 4 is 33.6 Å². The number of rotatable bonds is 6. The van der Waals surface area contributed by atoms with Crippen molar-refractivity contribution in [2.45, 2.75) is 33.6 Å². The molecule has 0 saturated carbocycles. The number of aryl methyl sites for hydroxylation is 1. The Balaban J connectivity index is 2.47. The molecular formula is C14H20BrN3O2. The van der Waals surface area contributed by atoms with Gasteiger partial charge in [-0.2, -0.15) is 0 Å². The molecule has 0 bridgehead atoms. The lowest BCUT2D eigenvalue weighted by Crippen LogP contribution is -2.31. The Morgan fingerprint density at radius 2 is 1.95 bits per heavy atom. The summed E-state index contributed by atoms with van der Waals surface area (Å²) in [7, 11) is 0. The van der Waals surface area contributed by atoms with E-state index in [0.29, 0.717) is 18.9 Å². The first-order chi connectivity index (χ1) is 9.47. The summed E-state index contributed by atoms with van der Waals surface area (Å²) in [6.07, 6.45) is 2.04. The Hall–Kier alpha value is -1.43. The van der Waals surface area contributed by atoms with Crippen LogP contribution in [0.1, 0.15) is 32.3 Å². The van der Waals surface area contributed by atoms with Gasteiger partial charge in [-0.1, -0.05) is 0 Å². The summed E-state index contributed by atoms with van der Waals surface area (Å²) in [4.78, 5) is 29.4. The average Bonchev–Trinajstić information content (AvgIpc) is 2.42. The first-order valence-corrected chi connectivity index (χ1v) is 7.47. The smallest absolute Gasteiger partial charge is 0.226 e. The van der Waals surface area contributed by atoms with Gasteiger partial charge < -0.3 is 10.2 Å². The number of anilines is 1. The van der Waals surface area contributed by atoms with E-state index in [4.69, 9.17) is 0 Å². The molecule has 0 spiro atoms. The van der Waals surface area contributed by atoms with Crippen LogP contribution in [0.2, 0.25) is 0 Å². The van der Waals surface area contributed by atoms with Crippen molar-refractivity contribution < 1.29 is 9.59 Å². The van der Waals surface area contributed by atoms with E-state index in [-0.39, 0.29) is 24.7 Å². The lowest BCUT2D eigenvalue weighted by Gasteiger charge is -2.18. The summed E-state index contributed by atoms with van der Waals surface area (Å²) in [6, 6.07) is 1.79. The highest BCUT2D eigenvalue weighted by molar-refractivity contribution is 9.10. The number of aromatic nitrogens is 1. The van der Waals surface area contributed by atoms with E-state index >= 15 is 0 Å². The maximum absolute atomic E-state index is 11.8. The number of nitrogens with zero attached hydrogens (tertiary/aromatic N) is 2. The van der Waals surface area contributed by atoms with E-state index < -0.39 is 0 Å². The number of hydrogen-bond acceptors (Lipinski definition) is 3. The van der Waals surface area contributed by atoms with Crippen LogP contribution >= 0.6 is 15.9 Å². The molecule has 6 heteroatoms. The fourth-order valence-corrected chi connectivity index (χ4v) is 1.98. The Morgan fingerprint density at radius 1 is 1.30 bits per heavy atom. The molecule has 0 radical (unpaired) electrons. The van der Waals surface area contributed by atoms with Gasteiger partial charge in [-0.15, -0.1) is 0 Å². The first-order valence-electron chi connectivity index (χ1n) is 6.67. The monoisotopic (exact) mass is 341 g/mol. The van der Waals surface area contributed by atoms with Gasteiger partial charge in [0.05, 0.1) is 0 Å². The lowest BCUT2D eigenvalue weighted by atomic mass is 10.2. The van der Waals surface area contributed by atoms with Crippen molar-refractivity contribution in [3.63, 3.8) is 0 Å². The molecule has 0 aliphatic heterocycles. The highest BCUT2D eigenvalue weighted by Crippen LogP contribution is 2.17. The summed E-state index contributed by atoms with van der Waals surface area (Å²) in [5.74, 6) is 0.316. The number of hydrogen-bond donors (Lipinski definition) is 1. The van der Waals surface area contributed by atoms with Gasteiger partial charge in [-0.3, -0.25) is 9.59 Å². The third-order valence-electron chi connectivity index (χ3n) is 3.00. The van der Waals surface area contributed by atoms with Crippen LogP contribution in [0.25, 0.3) is 0 Å². The van der Waals surface area contributed by atoms with Gasteiger partial charge in [0.15, 0.2) is 0 Å². The van der Waals surface area contributed by atoms with Gasteiger partial charge in [-0.05, 0) is 48.3 Å². The van der Waals surface area contributed by atoms with Gasteiger partial charge in [-0.25, -0.2) is 4.98 Å². The van der Waals surface area contributed by atoms with Crippen LogP contribution in [0.3, 0.4) is 0 Å². The number of carbonyl (C=O) groups excluding carboxylic acids is 2. The Kier molecular flexibility index (Phi) is 6.64.